The van der Waals surface area contributed by atoms with Gasteiger partial charge in [0.2, 0.25) is 11.7 Å². The van der Waals surface area contributed by atoms with Gasteiger partial charge < -0.3 is 23.5 Å². The fourth-order valence-corrected chi connectivity index (χ4v) is 5.13. The van der Waals surface area contributed by atoms with Gasteiger partial charge in [-0.15, -0.1) is 0 Å². The number of rotatable bonds is 2. The number of nitrogens with zero attached hydrogens (tertiary/aromatic N) is 1. The van der Waals surface area contributed by atoms with Crippen LogP contribution in [0, 0.1) is 0 Å². The van der Waals surface area contributed by atoms with E-state index in [1.807, 2.05) is 18.2 Å². The number of hydrogen-bond acceptors (Lipinski definition) is 5. The highest BCUT2D eigenvalue weighted by Gasteiger charge is 2.51. The van der Waals surface area contributed by atoms with E-state index in [2.05, 4.69) is 6.08 Å². The molecule has 1 atom stereocenters. The maximum atomic E-state index is 13.4. The molecule has 0 bridgehead atoms. The van der Waals surface area contributed by atoms with Crippen LogP contribution < -0.4 is 14.2 Å². The molecule has 0 fully saturated rings. The zero-order valence-electron chi connectivity index (χ0n) is 17.5. The summed E-state index contributed by atoms with van der Waals surface area (Å²) in [6, 6.07) is 5.88. The maximum absolute atomic E-state index is 13.4. The topological polar surface area (TPSA) is 61.1 Å². The molecule has 0 saturated carbocycles. The highest BCUT2D eigenvalue weighted by Crippen LogP contribution is 2.54. The van der Waals surface area contributed by atoms with Crippen LogP contribution in [0.5, 0.6) is 17.2 Å². The minimum Gasteiger partial charge on any atom is -0.492 e. The molecule has 1 spiro atoms. The van der Waals surface area contributed by atoms with Crippen LogP contribution in [-0.2, 0) is 22.9 Å². The minimum absolute atomic E-state index is 0.0491. The highest BCUT2D eigenvalue weighted by molar-refractivity contribution is 5.84. The zero-order chi connectivity index (χ0) is 22.8. The van der Waals surface area contributed by atoms with Crippen molar-refractivity contribution in [2.75, 3.05) is 19.8 Å². The smallest absolute Gasteiger partial charge is 0.449 e. The summed E-state index contributed by atoms with van der Waals surface area (Å²) in [5.41, 5.74) is 1.94. The number of carbonyl (C=O) groups is 1. The van der Waals surface area contributed by atoms with Crippen LogP contribution in [-0.4, -0.2) is 30.6 Å². The van der Waals surface area contributed by atoms with Crippen LogP contribution in [0.4, 0.5) is 13.2 Å². The molecule has 9 heteroatoms. The third-order valence-corrected chi connectivity index (χ3v) is 6.63. The fourth-order valence-electron chi connectivity index (χ4n) is 5.13. The SMILES string of the molecule is O=C1CC2(COc3cc4c(cc32)OCCO4)C2=C(CCC=C2)N1Cc1ccc(C(F)(F)F)o1. The summed E-state index contributed by atoms with van der Waals surface area (Å²) in [7, 11) is 0. The Balaban J connectivity index is 1.41. The molecular weight excluding hydrogens is 439 g/mol. The number of alkyl halides is 3. The van der Waals surface area contributed by atoms with Gasteiger partial charge >= 0.3 is 6.18 Å². The van der Waals surface area contributed by atoms with Crippen molar-refractivity contribution in [2.45, 2.75) is 37.4 Å². The molecule has 172 valence electrons. The first kappa shape index (κ1) is 20.3. The molecule has 33 heavy (non-hydrogen) atoms. The van der Waals surface area contributed by atoms with Gasteiger partial charge in [-0.25, -0.2) is 0 Å². The Bertz CT molecular complexity index is 1210. The molecule has 0 N–H and O–H groups in total. The first-order valence-electron chi connectivity index (χ1n) is 10.8. The van der Waals surface area contributed by atoms with Crippen molar-refractivity contribution in [3.63, 3.8) is 0 Å². The lowest BCUT2D eigenvalue weighted by atomic mass is 9.68. The maximum Gasteiger partial charge on any atom is 0.449 e. The van der Waals surface area contributed by atoms with Crippen molar-refractivity contribution in [3.8, 4) is 17.2 Å². The molecule has 4 heterocycles. The largest absolute Gasteiger partial charge is 0.492 e. The van der Waals surface area contributed by atoms with E-state index in [9.17, 15) is 18.0 Å². The lowest BCUT2D eigenvalue weighted by Gasteiger charge is -2.42. The lowest BCUT2D eigenvalue weighted by Crippen LogP contribution is -2.46. The van der Waals surface area contributed by atoms with Gasteiger partial charge in [0.1, 0.15) is 31.3 Å². The summed E-state index contributed by atoms with van der Waals surface area (Å²) < 4.78 is 61.3. The van der Waals surface area contributed by atoms with E-state index in [1.165, 1.54) is 6.07 Å². The molecule has 4 aliphatic rings. The molecule has 1 aromatic carbocycles. The van der Waals surface area contributed by atoms with Crippen molar-refractivity contribution >= 4 is 5.91 Å². The van der Waals surface area contributed by atoms with Gasteiger partial charge in [-0.3, -0.25) is 4.79 Å². The molecule has 6 nitrogen and oxygen atoms in total. The highest BCUT2D eigenvalue weighted by atomic mass is 19.4. The molecule has 1 unspecified atom stereocenters. The summed E-state index contributed by atoms with van der Waals surface area (Å²) in [5, 5.41) is 0. The van der Waals surface area contributed by atoms with Gasteiger partial charge in [0.15, 0.2) is 11.5 Å². The predicted molar refractivity (Wildman–Crippen MR) is 109 cm³/mol. The third-order valence-electron chi connectivity index (χ3n) is 6.63. The number of ether oxygens (including phenoxy) is 3. The standard InChI is InChI=1S/C24H20F3NO5/c25-24(26,27)21-6-5-14(33-21)12-28-17-4-2-1-3-15(17)23(11-22(28)29)13-32-18-10-20-19(9-16(18)23)30-7-8-31-20/h1,3,5-6,9-10H,2,4,7-8,11-13H2. The number of carbonyl (C=O) groups excluding carboxylic acids is 1. The normalized spacial score (nSPS) is 23.6. The summed E-state index contributed by atoms with van der Waals surface area (Å²) in [6.07, 6.45) is 0.972. The quantitative estimate of drug-likeness (QED) is 0.650. The molecule has 2 aromatic rings. The summed E-state index contributed by atoms with van der Waals surface area (Å²) >= 11 is 0. The van der Waals surface area contributed by atoms with Crippen molar-refractivity contribution in [2.24, 2.45) is 0 Å². The van der Waals surface area contributed by atoms with Crippen LogP contribution in [0.3, 0.4) is 0 Å². The molecule has 0 saturated heterocycles. The molecule has 6 rings (SSSR count). The molecule has 1 aromatic heterocycles. The van der Waals surface area contributed by atoms with E-state index >= 15 is 0 Å². The number of hydrogen-bond donors (Lipinski definition) is 0. The van der Waals surface area contributed by atoms with Crippen molar-refractivity contribution in [3.05, 3.63) is 64.8 Å². The number of fused-ring (bicyclic) bond motifs is 4. The number of benzene rings is 1. The average molecular weight is 459 g/mol. The molecular formula is C24H20F3NO5. The zero-order valence-corrected chi connectivity index (χ0v) is 17.5. The minimum atomic E-state index is -4.57. The van der Waals surface area contributed by atoms with E-state index in [0.717, 1.165) is 29.3 Å². The number of furan rings is 1. The van der Waals surface area contributed by atoms with E-state index < -0.39 is 17.4 Å². The molecule has 0 radical (unpaired) electrons. The Morgan fingerprint density at radius 1 is 1.03 bits per heavy atom. The second-order valence-electron chi connectivity index (χ2n) is 8.58. The Morgan fingerprint density at radius 2 is 1.82 bits per heavy atom. The van der Waals surface area contributed by atoms with Crippen LogP contribution in [0.1, 0.15) is 36.3 Å². The Hall–Kier alpha value is -3.36. The average Bonchev–Trinajstić information content (AvgIpc) is 3.41. The summed E-state index contributed by atoms with van der Waals surface area (Å²) in [5.74, 6) is 0.744. The lowest BCUT2D eigenvalue weighted by molar-refractivity contribution is -0.153. The fraction of sp³-hybridized carbons (Fsp3) is 0.375. The first-order valence-corrected chi connectivity index (χ1v) is 10.8. The van der Waals surface area contributed by atoms with Crippen LogP contribution >= 0.6 is 0 Å². The number of allylic oxidation sites excluding steroid dienone is 3. The number of halogens is 3. The number of amides is 1. The van der Waals surface area contributed by atoms with Crippen molar-refractivity contribution in [1.82, 2.24) is 4.90 Å². The predicted octanol–water partition coefficient (Wildman–Crippen LogP) is 4.74. The molecule has 1 amide bonds. The molecule has 3 aliphatic heterocycles. The van der Waals surface area contributed by atoms with Gasteiger partial charge in [0.25, 0.3) is 0 Å². The van der Waals surface area contributed by atoms with Gasteiger partial charge in [-0.05, 0) is 36.6 Å². The van der Waals surface area contributed by atoms with Crippen molar-refractivity contribution in [1.29, 1.82) is 0 Å². The van der Waals surface area contributed by atoms with E-state index in [4.69, 9.17) is 18.6 Å². The van der Waals surface area contributed by atoms with Gasteiger partial charge in [0.05, 0.1) is 12.0 Å². The van der Waals surface area contributed by atoms with Crippen LogP contribution in [0.15, 0.2) is 52.1 Å². The second kappa shape index (κ2) is 7.07. The van der Waals surface area contributed by atoms with Gasteiger partial charge in [-0.2, -0.15) is 13.2 Å². The van der Waals surface area contributed by atoms with E-state index in [1.54, 1.807) is 4.90 Å². The Kier molecular flexibility index (Phi) is 4.34. The van der Waals surface area contributed by atoms with Crippen molar-refractivity contribution < 1.29 is 36.6 Å². The third kappa shape index (κ3) is 3.13. The second-order valence-corrected chi connectivity index (χ2v) is 8.58. The Morgan fingerprint density at radius 3 is 2.58 bits per heavy atom. The monoisotopic (exact) mass is 459 g/mol. The van der Waals surface area contributed by atoms with E-state index in [-0.39, 0.29) is 24.6 Å². The Labute approximate surface area is 187 Å². The van der Waals surface area contributed by atoms with Gasteiger partial charge in [-0.1, -0.05) is 12.2 Å². The van der Waals surface area contributed by atoms with Gasteiger partial charge in [0, 0.05) is 23.7 Å². The summed E-state index contributed by atoms with van der Waals surface area (Å²) in [4.78, 5) is 15.0. The van der Waals surface area contributed by atoms with E-state index in [0.29, 0.717) is 43.5 Å². The van der Waals surface area contributed by atoms with Crippen LogP contribution in [0.2, 0.25) is 0 Å². The molecule has 1 aliphatic carbocycles. The summed E-state index contributed by atoms with van der Waals surface area (Å²) in [6.45, 7) is 1.16. The first-order chi connectivity index (χ1) is 15.8. The van der Waals surface area contributed by atoms with Crippen LogP contribution in [0.25, 0.3) is 0 Å².